The van der Waals surface area contributed by atoms with E-state index in [0.29, 0.717) is 17.9 Å². The molecule has 1 amide bonds. The summed E-state index contributed by atoms with van der Waals surface area (Å²) in [6.45, 7) is 2.00. The van der Waals surface area contributed by atoms with Crippen molar-refractivity contribution in [2.24, 2.45) is 5.73 Å². The molecule has 0 fully saturated rings. The van der Waals surface area contributed by atoms with Crippen LogP contribution in [0.15, 0.2) is 41.3 Å². The van der Waals surface area contributed by atoms with Crippen molar-refractivity contribution in [3.8, 4) is 11.3 Å². The maximum Gasteiger partial charge on any atom is 0.241 e. The highest BCUT2D eigenvalue weighted by molar-refractivity contribution is 5.95. The monoisotopic (exact) mass is 259 g/mol. The van der Waals surface area contributed by atoms with Crippen LogP contribution < -0.4 is 11.1 Å². The van der Waals surface area contributed by atoms with Crippen LogP contribution in [0.5, 0.6) is 0 Å². The van der Waals surface area contributed by atoms with Crippen LogP contribution in [-0.4, -0.2) is 16.9 Å². The van der Waals surface area contributed by atoms with Gasteiger partial charge >= 0.3 is 0 Å². The van der Waals surface area contributed by atoms with Crippen LogP contribution in [0.25, 0.3) is 11.3 Å². The molecule has 1 atom stereocenters. The zero-order valence-corrected chi connectivity index (χ0v) is 10.8. The van der Waals surface area contributed by atoms with E-state index in [4.69, 9.17) is 10.2 Å². The van der Waals surface area contributed by atoms with Crippen LogP contribution >= 0.6 is 0 Å². The second-order valence-electron chi connectivity index (χ2n) is 4.33. The van der Waals surface area contributed by atoms with Gasteiger partial charge in [0.15, 0.2) is 12.2 Å². The Morgan fingerprint density at radius 2 is 2.37 bits per heavy atom. The van der Waals surface area contributed by atoms with Crippen molar-refractivity contribution < 1.29 is 9.21 Å². The average Bonchev–Trinajstić information content (AvgIpc) is 2.93. The van der Waals surface area contributed by atoms with Gasteiger partial charge in [-0.15, -0.1) is 0 Å². The highest BCUT2D eigenvalue weighted by atomic mass is 16.3. The molecule has 0 aliphatic heterocycles. The van der Waals surface area contributed by atoms with Crippen molar-refractivity contribution in [1.82, 2.24) is 4.98 Å². The Labute approximate surface area is 111 Å². The summed E-state index contributed by atoms with van der Waals surface area (Å²) in [4.78, 5) is 15.7. The number of benzene rings is 1. The predicted octanol–water partition coefficient (Wildman–Crippen LogP) is 2.41. The molecule has 0 radical (unpaired) electrons. The van der Waals surface area contributed by atoms with Crippen LogP contribution in [-0.2, 0) is 4.79 Å². The van der Waals surface area contributed by atoms with Gasteiger partial charge in [0, 0.05) is 11.3 Å². The molecular weight excluding hydrogens is 242 g/mol. The molecule has 3 N–H and O–H groups in total. The second kappa shape index (κ2) is 6.15. The van der Waals surface area contributed by atoms with Gasteiger partial charge in [-0.3, -0.25) is 4.79 Å². The number of oxazole rings is 1. The van der Waals surface area contributed by atoms with E-state index in [9.17, 15) is 4.79 Å². The summed E-state index contributed by atoms with van der Waals surface area (Å²) in [7, 11) is 0. The van der Waals surface area contributed by atoms with Gasteiger partial charge in [0.25, 0.3) is 0 Å². The summed E-state index contributed by atoms with van der Waals surface area (Å²) < 4.78 is 5.22. The molecule has 0 saturated heterocycles. The molecule has 1 aromatic heterocycles. The van der Waals surface area contributed by atoms with Crippen LogP contribution in [0.3, 0.4) is 0 Å². The number of rotatable bonds is 5. The van der Waals surface area contributed by atoms with Gasteiger partial charge in [-0.25, -0.2) is 4.98 Å². The molecule has 1 aromatic carbocycles. The van der Waals surface area contributed by atoms with E-state index in [1.165, 1.54) is 6.39 Å². The van der Waals surface area contributed by atoms with Gasteiger partial charge < -0.3 is 15.5 Å². The number of carbonyl (C=O) groups excluding carboxylic acids is 1. The van der Waals surface area contributed by atoms with E-state index in [-0.39, 0.29) is 5.91 Å². The lowest BCUT2D eigenvalue weighted by molar-refractivity contribution is -0.117. The third kappa shape index (κ3) is 3.42. The Kier molecular flexibility index (Phi) is 4.30. The van der Waals surface area contributed by atoms with E-state index in [1.807, 2.05) is 31.2 Å². The Morgan fingerprint density at radius 1 is 1.53 bits per heavy atom. The van der Waals surface area contributed by atoms with E-state index < -0.39 is 6.04 Å². The summed E-state index contributed by atoms with van der Waals surface area (Å²) in [5.41, 5.74) is 7.33. The number of anilines is 1. The zero-order chi connectivity index (χ0) is 13.7. The topological polar surface area (TPSA) is 81.2 Å². The lowest BCUT2D eigenvalue weighted by Crippen LogP contribution is -2.35. The molecular formula is C14H17N3O2. The smallest absolute Gasteiger partial charge is 0.241 e. The fourth-order valence-corrected chi connectivity index (χ4v) is 1.79. The maximum atomic E-state index is 11.8. The van der Waals surface area contributed by atoms with Crippen molar-refractivity contribution in [2.75, 3.05) is 5.32 Å². The molecule has 0 aliphatic rings. The third-order valence-corrected chi connectivity index (χ3v) is 2.78. The van der Waals surface area contributed by atoms with Crippen molar-refractivity contribution in [1.29, 1.82) is 0 Å². The first-order valence-electron chi connectivity index (χ1n) is 6.26. The summed E-state index contributed by atoms with van der Waals surface area (Å²) in [5, 5.41) is 2.80. The Hall–Kier alpha value is -2.14. The Balaban J connectivity index is 2.09. The Bertz CT molecular complexity index is 537. The predicted molar refractivity (Wildman–Crippen MR) is 73.5 cm³/mol. The molecule has 2 aromatic rings. The van der Waals surface area contributed by atoms with Crippen molar-refractivity contribution in [2.45, 2.75) is 25.8 Å². The van der Waals surface area contributed by atoms with E-state index in [1.54, 1.807) is 6.20 Å². The fourth-order valence-electron chi connectivity index (χ4n) is 1.79. The molecule has 0 saturated carbocycles. The summed E-state index contributed by atoms with van der Waals surface area (Å²) in [5.74, 6) is 0.491. The van der Waals surface area contributed by atoms with Gasteiger partial charge in [0.1, 0.15) is 0 Å². The standard InChI is InChI=1S/C14H17N3O2/c1-2-4-12(15)14(18)17-11-6-3-5-10(7-11)13-8-16-9-19-13/h3,5-9,12H,2,4,15H2,1H3,(H,17,18). The number of nitrogens with two attached hydrogens (primary N) is 1. The first kappa shape index (κ1) is 13.3. The molecule has 0 aliphatic carbocycles. The normalized spacial score (nSPS) is 12.1. The van der Waals surface area contributed by atoms with Crippen molar-refractivity contribution in [3.63, 3.8) is 0 Å². The van der Waals surface area contributed by atoms with Crippen molar-refractivity contribution in [3.05, 3.63) is 36.9 Å². The number of nitrogens with one attached hydrogen (secondary N) is 1. The quantitative estimate of drug-likeness (QED) is 0.864. The number of hydrogen-bond acceptors (Lipinski definition) is 4. The molecule has 1 heterocycles. The molecule has 2 rings (SSSR count). The molecule has 1 unspecified atom stereocenters. The number of carbonyl (C=O) groups is 1. The van der Waals surface area contributed by atoms with E-state index in [0.717, 1.165) is 12.0 Å². The highest BCUT2D eigenvalue weighted by Crippen LogP contribution is 2.22. The van der Waals surface area contributed by atoms with Gasteiger partial charge in [-0.2, -0.15) is 0 Å². The number of hydrogen-bond donors (Lipinski definition) is 2. The van der Waals surface area contributed by atoms with E-state index >= 15 is 0 Å². The number of nitrogens with zero attached hydrogens (tertiary/aromatic N) is 1. The molecule has 0 spiro atoms. The van der Waals surface area contributed by atoms with Gasteiger partial charge in [-0.05, 0) is 18.6 Å². The molecule has 19 heavy (non-hydrogen) atoms. The average molecular weight is 259 g/mol. The summed E-state index contributed by atoms with van der Waals surface area (Å²) in [6, 6.07) is 6.91. The third-order valence-electron chi connectivity index (χ3n) is 2.78. The first-order valence-corrected chi connectivity index (χ1v) is 6.26. The van der Waals surface area contributed by atoms with Crippen LogP contribution in [0, 0.1) is 0 Å². The van der Waals surface area contributed by atoms with Crippen LogP contribution in [0.2, 0.25) is 0 Å². The second-order valence-corrected chi connectivity index (χ2v) is 4.33. The van der Waals surface area contributed by atoms with E-state index in [2.05, 4.69) is 10.3 Å². The fraction of sp³-hybridized carbons (Fsp3) is 0.286. The number of amides is 1. The van der Waals surface area contributed by atoms with Crippen LogP contribution in [0.1, 0.15) is 19.8 Å². The zero-order valence-electron chi connectivity index (χ0n) is 10.8. The van der Waals surface area contributed by atoms with Gasteiger partial charge in [0.05, 0.1) is 12.2 Å². The SMILES string of the molecule is CCCC(N)C(=O)Nc1cccc(-c2cnco2)c1. The lowest BCUT2D eigenvalue weighted by Gasteiger charge is -2.11. The molecule has 5 heteroatoms. The summed E-state index contributed by atoms with van der Waals surface area (Å²) >= 11 is 0. The molecule has 0 bridgehead atoms. The first-order chi connectivity index (χ1) is 9.20. The number of aromatic nitrogens is 1. The Morgan fingerprint density at radius 3 is 3.05 bits per heavy atom. The summed E-state index contributed by atoms with van der Waals surface area (Å²) in [6.07, 6.45) is 4.56. The molecule has 100 valence electrons. The minimum Gasteiger partial charge on any atom is -0.444 e. The molecule has 5 nitrogen and oxygen atoms in total. The van der Waals surface area contributed by atoms with Gasteiger partial charge in [-0.1, -0.05) is 25.5 Å². The van der Waals surface area contributed by atoms with Crippen molar-refractivity contribution >= 4 is 11.6 Å². The maximum absolute atomic E-state index is 11.8. The minimum atomic E-state index is -0.473. The minimum absolute atomic E-state index is 0.170. The largest absolute Gasteiger partial charge is 0.444 e. The van der Waals surface area contributed by atoms with Crippen LogP contribution in [0.4, 0.5) is 5.69 Å². The van der Waals surface area contributed by atoms with Gasteiger partial charge in [0.2, 0.25) is 5.91 Å². The lowest BCUT2D eigenvalue weighted by atomic mass is 10.1. The highest BCUT2D eigenvalue weighted by Gasteiger charge is 2.12.